The molecule has 1 fully saturated rings. The number of oxime groups is 1. The normalized spacial score (nSPS) is 18.6. The summed E-state index contributed by atoms with van der Waals surface area (Å²) < 4.78 is 5.39. The molecule has 22 heavy (non-hydrogen) atoms. The Balaban J connectivity index is 2.04. The van der Waals surface area contributed by atoms with Crippen molar-refractivity contribution in [3.63, 3.8) is 0 Å². The molecule has 1 atom stereocenters. The maximum atomic E-state index is 12.0. The zero-order chi connectivity index (χ0) is 16.3. The zero-order valence-corrected chi connectivity index (χ0v) is 13.2. The zero-order valence-electron chi connectivity index (χ0n) is 13.2. The summed E-state index contributed by atoms with van der Waals surface area (Å²) in [5.74, 6) is -0.249. The summed E-state index contributed by atoms with van der Waals surface area (Å²) in [6.45, 7) is 6.62. The molecule has 0 aliphatic carbocycles. The van der Waals surface area contributed by atoms with Gasteiger partial charge in [0.25, 0.3) is 0 Å². The highest BCUT2D eigenvalue weighted by Gasteiger charge is 2.40. The van der Waals surface area contributed by atoms with Gasteiger partial charge in [0.15, 0.2) is 5.84 Å². The van der Waals surface area contributed by atoms with E-state index in [2.05, 4.69) is 5.16 Å². The number of benzene rings is 1. The first-order valence-corrected chi connectivity index (χ1v) is 7.31. The van der Waals surface area contributed by atoms with Gasteiger partial charge in [-0.15, -0.1) is 0 Å². The molecule has 1 unspecified atom stereocenters. The number of nitrogens with zero attached hydrogens (tertiary/aromatic N) is 2. The van der Waals surface area contributed by atoms with Crippen molar-refractivity contribution in [3.05, 3.63) is 35.9 Å². The summed E-state index contributed by atoms with van der Waals surface area (Å²) in [5.41, 5.74) is 6.27. The summed E-state index contributed by atoms with van der Waals surface area (Å²) in [4.78, 5) is 14.0. The summed E-state index contributed by atoms with van der Waals surface area (Å²) in [6, 6.07) is 9.22. The lowest BCUT2D eigenvalue weighted by Crippen LogP contribution is -2.55. The number of likely N-dealkylation sites (tertiary alicyclic amines) is 1. The van der Waals surface area contributed by atoms with Crippen LogP contribution in [0.5, 0.6) is 0 Å². The van der Waals surface area contributed by atoms with Crippen molar-refractivity contribution >= 4 is 11.8 Å². The van der Waals surface area contributed by atoms with Gasteiger partial charge in [-0.25, -0.2) is 0 Å². The minimum atomic E-state index is -0.484. The molecule has 0 saturated carbocycles. The molecule has 120 valence electrons. The number of rotatable bonds is 4. The lowest BCUT2D eigenvalue weighted by atomic mass is 9.93. The Kier molecular flexibility index (Phi) is 4.71. The molecule has 0 bridgehead atoms. The molecule has 1 saturated heterocycles. The van der Waals surface area contributed by atoms with Gasteiger partial charge < -0.3 is 15.7 Å². The van der Waals surface area contributed by atoms with E-state index in [1.807, 2.05) is 56.0 Å². The van der Waals surface area contributed by atoms with E-state index in [4.69, 9.17) is 15.7 Å². The molecule has 0 spiro atoms. The molecule has 6 nitrogen and oxygen atoms in total. The van der Waals surface area contributed by atoms with Gasteiger partial charge in [0.1, 0.15) is 5.60 Å². The van der Waals surface area contributed by atoms with Crippen LogP contribution >= 0.6 is 0 Å². The second kappa shape index (κ2) is 6.36. The predicted molar refractivity (Wildman–Crippen MR) is 83.5 cm³/mol. The Morgan fingerprint density at radius 2 is 1.95 bits per heavy atom. The Bertz CT molecular complexity index is 546. The number of hydrogen-bond donors (Lipinski definition) is 2. The number of hydrogen-bond acceptors (Lipinski definition) is 5. The fraction of sp³-hybridized carbons (Fsp3) is 0.500. The van der Waals surface area contributed by atoms with E-state index in [0.29, 0.717) is 13.1 Å². The van der Waals surface area contributed by atoms with E-state index in [0.717, 1.165) is 5.56 Å². The van der Waals surface area contributed by atoms with E-state index in [1.165, 1.54) is 0 Å². The van der Waals surface area contributed by atoms with Crippen LogP contribution in [0.15, 0.2) is 35.5 Å². The van der Waals surface area contributed by atoms with E-state index in [9.17, 15) is 4.79 Å². The average Bonchev–Trinajstić information content (AvgIpc) is 2.40. The van der Waals surface area contributed by atoms with Gasteiger partial charge in [0, 0.05) is 13.1 Å². The van der Waals surface area contributed by atoms with Crippen LogP contribution in [0.2, 0.25) is 0 Å². The van der Waals surface area contributed by atoms with Crippen LogP contribution in [0.1, 0.15) is 32.4 Å². The Hall–Kier alpha value is -2.08. The van der Waals surface area contributed by atoms with Gasteiger partial charge in [-0.05, 0) is 26.3 Å². The van der Waals surface area contributed by atoms with Gasteiger partial charge in [-0.3, -0.25) is 9.69 Å². The molecular weight excluding hydrogens is 282 g/mol. The molecule has 1 heterocycles. The van der Waals surface area contributed by atoms with Crippen molar-refractivity contribution < 1.29 is 14.7 Å². The van der Waals surface area contributed by atoms with Crippen LogP contribution < -0.4 is 5.73 Å². The molecular formula is C16H23N3O3. The number of ether oxygens (including phenoxy) is 1. The molecule has 1 aliphatic rings. The predicted octanol–water partition coefficient (Wildman–Crippen LogP) is 1.75. The molecule has 1 aromatic carbocycles. The topological polar surface area (TPSA) is 88.2 Å². The lowest BCUT2D eigenvalue weighted by Gasteiger charge is -2.43. The SMILES string of the molecule is CC(C)(C)OC(=O)C1CN(C(/C(N)=N/O)c2ccccc2)C1. The molecule has 1 aromatic rings. The number of nitrogens with two attached hydrogens (primary N) is 1. The second-order valence-corrected chi connectivity index (χ2v) is 6.52. The molecule has 2 rings (SSSR count). The monoisotopic (exact) mass is 305 g/mol. The number of carbonyl (C=O) groups is 1. The van der Waals surface area contributed by atoms with Crippen molar-refractivity contribution in [1.29, 1.82) is 0 Å². The largest absolute Gasteiger partial charge is 0.460 e. The molecule has 0 aromatic heterocycles. The fourth-order valence-corrected chi connectivity index (χ4v) is 2.52. The Morgan fingerprint density at radius 1 is 1.36 bits per heavy atom. The van der Waals surface area contributed by atoms with Crippen molar-refractivity contribution in [1.82, 2.24) is 4.90 Å². The van der Waals surface area contributed by atoms with E-state index >= 15 is 0 Å². The second-order valence-electron chi connectivity index (χ2n) is 6.52. The fourth-order valence-electron chi connectivity index (χ4n) is 2.52. The van der Waals surface area contributed by atoms with Crippen molar-refractivity contribution in [2.45, 2.75) is 32.4 Å². The van der Waals surface area contributed by atoms with E-state index in [1.54, 1.807) is 0 Å². The van der Waals surface area contributed by atoms with Gasteiger partial charge in [-0.2, -0.15) is 0 Å². The quantitative estimate of drug-likeness (QED) is 0.291. The Morgan fingerprint density at radius 3 is 2.45 bits per heavy atom. The van der Waals surface area contributed by atoms with Crippen LogP contribution in [0.25, 0.3) is 0 Å². The molecule has 0 amide bonds. The maximum absolute atomic E-state index is 12.0. The van der Waals surface area contributed by atoms with Gasteiger partial charge in [0.05, 0.1) is 12.0 Å². The smallest absolute Gasteiger partial charge is 0.312 e. The first kappa shape index (κ1) is 16.3. The maximum Gasteiger partial charge on any atom is 0.312 e. The summed E-state index contributed by atoms with van der Waals surface area (Å²) >= 11 is 0. The Labute approximate surface area is 130 Å². The van der Waals surface area contributed by atoms with Gasteiger partial charge in [0.2, 0.25) is 0 Å². The van der Waals surface area contributed by atoms with Crippen molar-refractivity contribution in [3.8, 4) is 0 Å². The summed E-state index contributed by atoms with van der Waals surface area (Å²) in [6.07, 6.45) is 0. The van der Waals surface area contributed by atoms with Crippen molar-refractivity contribution in [2.75, 3.05) is 13.1 Å². The van der Waals surface area contributed by atoms with Gasteiger partial charge >= 0.3 is 5.97 Å². The minimum absolute atomic E-state index is 0.119. The minimum Gasteiger partial charge on any atom is -0.460 e. The van der Waals surface area contributed by atoms with Gasteiger partial charge in [-0.1, -0.05) is 35.5 Å². The third-order valence-corrected chi connectivity index (χ3v) is 3.53. The first-order chi connectivity index (χ1) is 10.3. The molecule has 6 heteroatoms. The molecule has 1 aliphatic heterocycles. The standard InChI is InChI=1S/C16H23N3O3/c1-16(2,3)22-15(20)12-9-19(10-12)13(14(17)18-21)11-7-5-4-6-8-11/h4-8,12-13,21H,9-10H2,1-3H3,(H2,17,18). The number of esters is 1. The van der Waals surface area contributed by atoms with Crippen LogP contribution in [-0.4, -0.2) is 40.6 Å². The third-order valence-electron chi connectivity index (χ3n) is 3.53. The van der Waals surface area contributed by atoms with E-state index in [-0.39, 0.29) is 23.8 Å². The van der Waals surface area contributed by atoms with Crippen LogP contribution in [-0.2, 0) is 9.53 Å². The van der Waals surface area contributed by atoms with Crippen LogP contribution in [0.4, 0.5) is 0 Å². The number of amidine groups is 1. The highest BCUT2D eigenvalue weighted by molar-refractivity contribution is 5.87. The molecule has 3 N–H and O–H groups in total. The highest BCUT2D eigenvalue weighted by atomic mass is 16.6. The first-order valence-electron chi connectivity index (χ1n) is 7.31. The average molecular weight is 305 g/mol. The lowest BCUT2D eigenvalue weighted by molar-refractivity contribution is -0.166. The van der Waals surface area contributed by atoms with E-state index < -0.39 is 5.60 Å². The van der Waals surface area contributed by atoms with Crippen LogP contribution in [0, 0.1) is 5.92 Å². The third kappa shape index (κ3) is 3.76. The molecule has 0 radical (unpaired) electrons. The summed E-state index contributed by atoms with van der Waals surface area (Å²) in [7, 11) is 0. The van der Waals surface area contributed by atoms with Crippen LogP contribution in [0.3, 0.4) is 0 Å². The summed E-state index contributed by atoms with van der Waals surface area (Å²) in [5, 5.41) is 12.1. The van der Waals surface area contributed by atoms with Crippen molar-refractivity contribution in [2.24, 2.45) is 16.8 Å². The highest BCUT2D eigenvalue weighted by Crippen LogP contribution is 2.30. The number of carbonyl (C=O) groups excluding carboxylic acids is 1.